The number of nitrogens with one attached hydrogen (secondary N) is 1. The smallest absolute Gasteiger partial charge is 0.327 e. The van der Waals surface area contributed by atoms with Gasteiger partial charge in [-0.05, 0) is 17.9 Å². The van der Waals surface area contributed by atoms with Crippen molar-refractivity contribution in [1.82, 2.24) is 4.90 Å². The van der Waals surface area contributed by atoms with E-state index in [0.717, 1.165) is 6.42 Å². The van der Waals surface area contributed by atoms with E-state index in [1.807, 2.05) is 17.7 Å². The number of amides is 2. The second kappa shape index (κ2) is 5.62. The molecule has 1 aliphatic heterocycles. The topological polar surface area (TPSA) is 69.6 Å². The maximum Gasteiger partial charge on any atom is 0.327 e. The van der Waals surface area contributed by atoms with E-state index in [1.54, 1.807) is 6.07 Å². The normalized spacial score (nSPS) is 23.1. The van der Waals surface area contributed by atoms with E-state index < -0.39 is 12.0 Å². The van der Waals surface area contributed by atoms with E-state index in [2.05, 4.69) is 5.32 Å². The first kappa shape index (κ1) is 13.2. The number of carbonyl (C=O) groups is 2. The lowest BCUT2D eigenvalue weighted by Crippen LogP contribution is -2.47. The Morgan fingerprint density at radius 2 is 2.39 bits per heavy atom. The molecule has 2 rings (SSSR count). The highest BCUT2D eigenvalue weighted by molar-refractivity contribution is 8.00. The summed E-state index contributed by atoms with van der Waals surface area (Å²) in [6.07, 6.45) is 0.742. The van der Waals surface area contributed by atoms with E-state index in [1.165, 1.54) is 28.0 Å². The van der Waals surface area contributed by atoms with Crippen LogP contribution in [0.15, 0.2) is 16.8 Å². The molecule has 2 heterocycles. The molecule has 1 fully saturated rings. The molecule has 1 aliphatic rings. The number of carboxylic acid groups (broad SMARTS) is 1. The first-order chi connectivity index (χ1) is 8.63. The lowest BCUT2D eigenvalue weighted by molar-refractivity contribution is -0.141. The molecule has 0 saturated carbocycles. The number of thioether (sulfide) groups is 1. The van der Waals surface area contributed by atoms with Gasteiger partial charge in [0, 0.05) is 11.1 Å². The van der Waals surface area contributed by atoms with Gasteiger partial charge in [-0.25, -0.2) is 9.59 Å². The largest absolute Gasteiger partial charge is 0.480 e. The molecule has 18 heavy (non-hydrogen) atoms. The van der Waals surface area contributed by atoms with Crippen LogP contribution in [-0.4, -0.2) is 39.2 Å². The van der Waals surface area contributed by atoms with Crippen molar-refractivity contribution in [2.24, 2.45) is 0 Å². The molecule has 0 bridgehead atoms. The van der Waals surface area contributed by atoms with Crippen molar-refractivity contribution >= 4 is 40.8 Å². The molecule has 1 saturated heterocycles. The second-order valence-electron chi connectivity index (χ2n) is 3.90. The zero-order valence-electron chi connectivity index (χ0n) is 9.83. The zero-order chi connectivity index (χ0) is 13.1. The van der Waals surface area contributed by atoms with Crippen LogP contribution in [0.4, 0.5) is 10.5 Å². The van der Waals surface area contributed by atoms with Crippen LogP contribution in [0.2, 0.25) is 0 Å². The average Bonchev–Trinajstić information content (AvgIpc) is 2.95. The van der Waals surface area contributed by atoms with Gasteiger partial charge in [0.25, 0.3) is 0 Å². The average molecular weight is 286 g/mol. The summed E-state index contributed by atoms with van der Waals surface area (Å²) in [6.45, 7) is 1.95. The van der Waals surface area contributed by atoms with Gasteiger partial charge in [0.1, 0.15) is 6.04 Å². The number of anilines is 1. The number of urea groups is 1. The third-order valence-corrected chi connectivity index (χ3v) is 4.87. The number of hydrogen-bond donors (Lipinski definition) is 2. The molecule has 2 unspecified atom stereocenters. The van der Waals surface area contributed by atoms with Crippen molar-refractivity contribution in [1.29, 1.82) is 0 Å². The minimum absolute atomic E-state index is 0.0651. The Kier molecular flexibility index (Phi) is 4.13. The van der Waals surface area contributed by atoms with E-state index >= 15 is 0 Å². The number of carboxylic acids is 1. The number of thiophene rings is 1. The van der Waals surface area contributed by atoms with Gasteiger partial charge in [-0.15, -0.1) is 11.8 Å². The van der Waals surface area contributed by atoms with Gasteiger partial charge >= 0.3 is 12.0 Å². The highest BCUT2D eigenvalue weighted by Crippen LogP contribution is 2.32. The monoisotopic (exact) mass is 286 g/mol. The Bertz CT molecular complexity index is 436. The molecule has 5 nitrogen and oxygen atoms in total. The number of nitrogens with zero attached hydrogens (tertiary/aromatic N) is 1. The Labute approximate surface area is 113 Å². The maximum atomic E-state index is 12.1. The number of hydrogen-bond acceptors (Lipinski definition) is 4. The van der Waals surface area contributed by atoms with E-state index in [-0.39, 0.29) is 11.4 Å². The maximum absolute atomic E-state index is 12.1. The molecule has 2 amide bonds. The first-order valence-electron chi connectivity index (χ1n) is 5.59. The van der Waals surface area contributed by atoms with Crippen LogP contribution < -0.4 is 5.32 Å². The molecular formula is C11H14N2O3S2. The van der Waals surface area contributed by atoms with Gasteiger partial charge in [-0.3, -0.25) is 4.90 Å². The molecule has 0 aliphatic carbocycles. The summed E-state index contributed by atoms with van der Waals surface area (Å²) in [6, 6.07) is 0.721. The fourth-order valence-corrected chi connectivity index (χ4v) is 3.80. The Morgan fingerprint density at radius 1 is 1.61 bits per heavy atom. The SMILES string of the molecule is CCC1SCC(C(=O)O)N1C(=O)Nc1ccsc1. The van der Waals surface area contributed by atoms with Crippen molar-refractivity contribution < 1.29 is 14.7 Å². The predicted molar refractivity (Wildman–Crippen MR) is 73.1 cm³/mol. The Balaban J connectivity index is 2.11. The molecule has 0 aromatic carbocycles. The molecule has 1 aromatic heterocycles. The minimum atomic E-state index is -0.945. The van der Waals surface area contributed by atoms with Crippen LogP contribution in [0.1, 0.15) is 13.3 Å². The fraction of sp³-hybridized carbons (Fsp3) is 0.455. The molecular weight excluding hydrogens is 272 g/mol. The van der Waals surface area contributed by atoms with Gasteiger partial charge in [0.15, 0.2) is 0 Å². The quantitative estimate of drug-likeness (QED) is 0.895. The molecule has 0 radical (unpaired) electrons. The van der Waals surface area contributed by atoms with Crippen molar-refractivity contribution in [3.63, 3.8) is 0 Å². The van der Waals surface area contributed by atoms with Crippen LogP contribution >= 0.6 is 23.1 Å². The second-order valence-corrected chi connectivity index (χ2v) is 5.89. The molecule has 1 aromatic rings. The van der Waals surface area contributed by atoms with Crippen molar-refractivity contribution in [2.75, 3.05) is 11.1 Å². The summed E-state index contributed by atoms with van der Waals surface area (Å²) in [4.78, 5) is 24.7. The molecule has 7 heteroatoms. The summed E-state index contributed by atoms with van der Waals surface area (Å²) in [7, 11) is 0. The summed E-state index contributed by atoms with van der Waals surface area (Å²) >= 11 is 3.00. The van der Waals surface area contributed by atoms with Gasteiger partial charge in [0.05, 0.1) is 11.1 Å². The third kappa shape index (κ3) is 2.62. The molecule has 2 atom stereocenters. The number of aliphatic carboxylic acids is 1. The van der Waals surface area contributed by atoms with E-state index in [4.69, 9.17) is 5.11 Å². The van der Waals surface area contributed by atoms with Gasteiger partial charge < -0.3 is 10.4 Å². The Morgan fingerprint density at radius 3 is 2.94 bits per heavy atom. The van der Waals surface area contributed by atoms with Crippen LogP contribution in [0.25, 0.3) is 0 Å². The highest BCUT2D eigenvalue weighted by atomic mass is 32.2. The Hall–Kier alpha value is -1.21. The van der Waals surface area contributed by atoms with Crippen molar-refractivity contribution in [3.8, 4) is 0 Å². The highest BCUT2D eigenvalue weighted by Gasteiger charge is 2.40. The fourth-order valence-electron chi connectivity index (χ4n) is 1.86. The zero-order valence-corrected chi connectivity index (χ0v) is 11.5. The molecule has 2 N–H and O–H groups in total. The first-order valence-corrected chi connectivity index (χ1v) is 7.58. The number of rotatable bonds is 3. The third-order valence-electron chi connectivity index (χ3n) is 2.73. The van der Waals surface area contributed by atoms with Gasteiger partial charge in [-0.1, -0.05) is 6.92 Å². The van der Waals surface area contributed by atoms with Gasteiger partial charge in [0.2, 0.25) is 0 Å². The lowest BCUT2D eigenvalue weighted by Gasteiger charge is -2.26. The van der Waals surface area contributed by atoms with E-state index in [9.17, 15) is 9.59 Å². The predicted octanol–water partition coefficient (Wildman–Crippen LogP) is 2.52. The minimum Gasteiger partial charge on any atom is -0.480 e. The van der Waals surface area contributed by atoms with Gasteiger partial charge in [-0.2, -0.15) is 11.3 Å². The van der Waals surface area contributed by atoms with Crippen molar-refractivity contribution in [3.05, 3.63) is 16.8 Å². The van der Waals surface area contributed by atoms with E-state index in [0.29, 0.717) is 11.4 Å². The van der Waals surface area contributed by atoms with Crippen LogP contribution in [-0.2, 0) is 4.79 Å². The number of carbonyl (C=O) groups excluding carboxylic acids is 1. The van der Waals surface area contributed by atoms with Crippen LogP contribution in [0.3, 0.4) is 0 Å². The summed E-state index contributed by atoms with van der Waals surface area (Å²) in [5, 5.41) is 15.5. The summed E-state index contributed by atoms with van der Waals surface area (Å²) in [5.41, 5.74) is 0.709. The summed E-state index contributed by atoms with van der Waals surface area (Å²) < 4.78 is 0. The molecule has 98 valence electrons. The standard InChI is InChI=1S/C11H14N2O3S2/c1-2-9-13(8(6-18-9)10(14)15)11(16)12-7-3-4-17-5-7/h3-5,8-9H,2,6H2,1H3,(H,12,16)(H,14,15). The summed E-state index contributed by atoms with van der Waals surface area (Å²) in [5.74, 6) is -0.496. The molecule has 0 spiro atoms. The lowest BCUT2D eigenvalue weighted by atomic mass is 10.3. The van der Waals surface area contributed by atoms with Crippen LogP contribution in [0, 0.1) is 0 Å². The van der Waals surface area contributed by atoms with Crippen molar-refractivity contribution in [2.45, 2.75) is 24.8 Å². The van der Waals surface area contributed by atoms with Crippen LogP contribution in [0.5, 0.6) is 0 Å².